The van der Waals surface area contributed by atoms with E-state index in [9.17, 15) is 17.6 Å². The van der Waals surface area contributed by atoms with Crippen molar-refractivity contribution in [2.24, 2.45) is 10.7 Å². The van der Waals surface area contributed by atoms with Crippen molar-refractivity contribution in [3.63, 3.8) is 0 Å². The van der Waals surface area contributed by atoms with Gasteiger partial charge in [-0.25, -0.2) is 9.37 Å². The standard InChI is InChI=1S/C24H22F4N8/c1-23(2,13-30)33-11-17(10-29)34-22-32-12-18(14-3-5-15(6-4-14)24(26,27)28)21(36-22)35-20-9-16(31)7-8-19(20)25/h3-12H,29,31H2,1-2H3,(H2,32,34,35,36)/b17-10+,33-11?. The summed E-state index contributed by atoms with van der Waals surface area (Å²) in [4.78, 5) is 12.7. The number of aromatic nitrogens is 2. The van der Waals surface area contributed by atoms with Gasteiger partial charge in [-0.15, -0.1) is 0 Å². The number of halogens is 4. The number of aliphatic imine (C=N–C) groups is 1. The quantitative estimate of drug-likeness (QED) is 0.199. The van der Waals surface area contributed by atoms with Crippen LogP contribution in [-0.2, 0) is 6.18 Å². The largest absolute Gasteiger partial charge is 0.416 e. The molecule has 0 fully saturated rings. The van der Waals surface area contributed by atoms with Gasteiger partial charge in [-0.1, -0.05) is 12.1 Å². The minimum absolute atomic E-state index is 0.000246. The zero-order valence-electron chi connectivity index (χ0n) is 19.2. The van der Waals surface area contributed by atoms with Crippen LogP contribution in [0.2, 0.25) is 0 Å². The third-order valence-electron chi connectivity index (χ3n) is 4.79. The normalized spacial score (nSPS) is 12.4. The van der Waals surface area contributed by atoms with Gasteiger partial charge in [-0.2, -0.15) is 23.4 Å². The van der Waals surface area contributed by atoms with Gasteiger partial charge < -0.3 is 22.1 Å². The van der Waals surface area contributed by atoms with E-state index in [1.807, 2.05) is 6.07 Å². The van der Waals surface area contributed by atoms with Crippen LogP contribution in [0.4, 0.5) is 40.7 Å². The van der Waals surface area contributed by atoms with Crippen molar-refractivity contribution in [2.45, 2.75) is 25.6 Å². The average molecular weight is 498 g/mol. The van der Waals surface area contributed by atoms with E-state index in [1.165, 1.54) is 48.9 Å². The molecule has 0 amide bonds. The molecule has 0 atom stereocenters. The molecule has 1 heterocycles. The summed E-state index contributed by atoms with van der Waals surface area (Å²) in [7, 11) is 0. The predicted octanol–water partition coefficient (Wildman–Crippen LogP) is 5.21. The van der Waals surface area contributed by atoms with Gasteiger partial charge in [-0.05, 0) is 49.7 Å². The third-order valence-corrected chi connectivity index (χ3v) is 4.79. The molecule has 0 aliphatic heterocycles. The van der Waals surface area contributed by atoms with Crippen LogP contribution in [0.25, 0.3) is 11.1 Å². The second-order valence-corrected chi connectivity index (χ2v) is 8.07. The molecule has 0 unspecified atom stereocenters. The molecule has 2 aromatic carbocycles. The zero-order valence-corrected chi connectivity index (χ0v) is 19.2. The minimum Gasteiger partial charge on any atom is -0.403 e. The van der Waals surface area contributed by atoms with Crippen LogP contribution in [0.15, 0.2) is 65.6 Å². The first kappa shape index (κ1) is 26.0. The molecule has 0 aliphatic rings. The highest BCUT2D eigenvalue weighted by molar-refractivity contribution is 5.84. The van der Waals surface area contributed by atoms with E-state index in [2.05, 4.69) is 25.6 Å². The van der Waals surface area contributed by atoms with E-state index in [-0.39, 0.29) is 28.8 Å². The maximum Gasteiger partial charge on any atom is 0.416 e. The Morgan fingerprint density at radius 1 is 1.14 bits per heavy atom. The Morgan fingerprint density at radius 2 is 1.83 bits per heavy atom. The van der Waals surface area contributed by atoms with Gasteiger partial charge in [0.25, 0.3) is 0 Å². The first-order valence-electron chi connectivity index (χ1n) is 10.4. The lowest BCUT2D eigenvalue weighted by Crippen LogP contribution is -2.15. The molecule has 36 heavy (non-hydrogen) atoms. The molecule has 3 rings (SSSR count). The number of benzene rings is 2. The predicted molar refractivity (Wildman–Crippen MR) is 131 cm³/mol. The van der Waals surface area contributed by atoms with E-state index in [4.69, 9.17) is 16.7 Å². The number of hydrogen-bond donors (Lipinski definition) is 4. The first-order chi connectivity index (χ1) is 16.9. The average Bonchev–Trinajstić information content (AvgIpc) is 2.84. The SMILES string of the molecule is CC(C)(C#N)N=C/C(=C\N)Nc1ncc(-c2ccc(C(F)(F)F)cc2)c(Nc2cc(N)ccc2F)n1. The number of nitrogens with zero attached hydrogens (tertiary/aromatic N) is 4. The van der Waals surface area contributed by atoms with Crippen LogP contribution in [0.5, 0.6) is 0 Å². The first-order valence-corrected chi connectivity index (χ1v) is 10.4. The van der Waals surface area contributed by atoms with Gasteiger partial charge in [0.2, 0.25) is 5.95 Å². The summed E-state index contributed by atoms with van der Waals surface area (Å²) in [6.07, 6.45) is -0.619. The topological polar surface area (TPSA) is 138 Å². The monoisotopic (exact) mass is 498 g/mol. The fourth-order valence-electron chi connectivity index (χ4n) is 2.86. The Kier molecular flexibility index (Phi) is 7.43. The van der Waals surface area contributed by atoms with Gasteiger partial charge >= 0.3 is 6.18 Å². The highest BCUT2D eigenvalue weighted by Gasteiger charge is 2.30. The van der Waals surface area contributed by atoms with Gasteiger partial charge in [0.15, 0.2) is 0 Å². The fourth-order valence-corrected chi connectivity index (χ4v) is 2.86. The lowest BCUT2D eigenvalue weighted by atomic mass is 10.1. The van der Waals surface area contributed by atoms with Crippen molar-refractivity contribution >= 4 is 29.4 Å². The Hall–Kier alpha value is -4.66. The van der Waals surface area contributed by atoms with Gasteiger partial charge in [-0.3, -0.25) is 4.99 Å². The maximum absolute atomic E-state index is 14.4. The van der Waals surface area contributed by atoms with E-state index in [0.29, 0.717) is 11.1 Å². The maximum atomic E-state index is 14.4. The van der Waals surface area contributed by atoms with Crippen LogP contribution < -0.4 is 22.1 Å². The number of nitriles is 1. The number of rotatable bonds is 7. The molecule has 0 aliphatic carbocycles. The number of allylic oxidation sites excluding steroid dienone is 1. The minimum atomic E-state index is -4.50. The summed E-state index contributed by atoms with van der Waals surface area (Å²) in [5.41, 5.74) is 10.8. The molecule has 12 heteroatoms. The van der Waals surface area contributed by atoms with Gasteiger partial charge in [0.05, 0.1) is 23.0 Å². The molecule has 6 N–H and O–H groups in total. The lowest BCUT2D eigenvalue weighted by Gasteiger charge is -2.15. The van der Waals surface area contributed by atoms with Crippen molar-refractivity contribution in [3.05, 3.63) is 71.9 Å². The lowest BCUT2D eigenvalue weighted by molar-refractivity contribution is -0.137. The number of nitrogens with two attached hydrogens (primary N) is 2. The van der Waals surface area contributed by atoms with Crippen LogP contribution >= 0.6 is 0 Å². The van der Waals surface area contributed by atoms with Crippen LogP contribution in [0, 0.1) is 17.1 Å². The zero-order chi connectivity index (χ0) is 26.5. The van der Waals surface area contributed by atoms with Crippen LogP contribution in [0.3, 0.4) is 0 Å². The van der Waals surface area contributed by atoms with E-state index in [0.717, 1.165) is 12.1 Å². The molecule has 3 aromatic rings. The molecule has 0 radical (unpaired) electrons. The number of alkyl halides is 3. The number of nitrogen functional groups attached to an aromatic ring is 1. The van der Waals surface area contributed by atoms with E-state index < -0.39 is 23.1 Å². The molecule has 1 aromatic heterocycles. The second kappa shape index (κ2) is 10.3. The van der Waals surface area contributed by atoms with E-state index in [1.54, 1.807) is 13.8 Å². The van der Waals surface area contributed by atoms with Crippen molar-refractivity contribution in [1.29, 1.82) is 5.26 Å². The highest BCUT2D eigenvalue weighted by Crippen LogP contribution is 2.34. The van der Waals surface area contributed by atoms with E-state index >= 15 is 0 Å². The Balaban J connectivity index is 2.03. The molecular weight excluding hydrogens is 476 g/mol. The Morgan fingerprint density at radius 3 is 2.44 bits per heavy atom. The number of anilines is 4. The fraction of sp³-hybridized carbons (Fsp3) is 0.167. The molecule has 0 spiro atoms. The number of nitrogens with one attached hydrogen (secondary N) is 2. The summed E-state index contributed by atoms with van der Waals surface area (Å²) >= 11 is 0. The van der Waals surface area contributed by atoms with Crippen LogP contribution in [-0.4, -0.2) is 21.7 Å². The summed E-state index contributed by atoms with van der Waals surface area (Å²) < 4.78 is 53.4. The molecular formula is C24H22F4N8. The molecule has 0 bridgehead atoms. The molecule has 0 saturated heterocycles. The Labute approximate surface area is 204 Å². The second-order valence-electron chi connectivity index (χ2n) is 8.07. The summed E-state index contributed by atoms with van der Waals surface area (Å²) in [6.45, 7) is 3.21. The van der Waals surface area contributed by atoms with Gasteiger partial charge in [0.1, 0.15) is 17.2 Å². The number of hydrogen-bond acceptors (Lipinski definition) is 8. The summed E-state index contributed by atoms with van der Waals surface area (Å²) in [6, 6.07) is 10.3. The van der Waals surface area contributed by atoms with Crippen molar-refractivity contribution in [1.82, 2.24) is 9.97 Å². The highest BCUT2D eigenvalue weighted by atomic mass is 19.4. The molecule has 8 nitrogen and oxygen atoms in total. The molecule has 186 valence electrons. The third kappa shape index (κ3) is 6.47. The van der Waals surface area contributed by atoms with Gasteiger partial charge in [0, 0.05) is 29.9 Å². The summed E-state index contributed by atoms with van der Waals surface area (Å²) in [5, 5.41) is 14.8. The van der Waals surface area contributed by atoms with Crippen molar-refractivity contribution < 1.29 is 17.6 Å². The van der Waals surface area contributed by atoms with Crippen molar-refractivity contribution in [3.8, 4) is 17.2 Å². The Bertz CT molecular complexity index is 1340. The van der Waals surface area contributed by atoms with Crippen LogP contribution in [0.1, 0.15) is 19.4 Å². The summed E-state index contributed by atoms with van der Waals surface area (Å²) in [5.74, 6) is -0.512. The smallest absolute Gasteiger partial charge is 0.403 e. The molecule has 0 saturated carbocycles. The van der Waals surface area contributed by atoms with Crippen molar-refractivity contribution in [2.75, 3.05) is 16.4 Å².